The van der Waals surface area contributed by atoms with Gasteiger partial charge >= 0.3 is 0 Å². The first-order valence-corrected chi connectivity index (χ1v) is 9.48. The van der Waals surface area contributed by atoms with Crippen LogP contribution in [0.15, 0.2) is 20.0 Å². The predicted octanol–water partition coefficient (Wildman–Crippen LogP) is 3.25. The summed E-state index contributed by atoms with van der Waals surface area (Å²) in [5.41, 5.74) is 0. The largest absolute Gasteiger partial charge is 0.452 e. The molecule has 21 heavy (non-hydrogen) atoms. The maximum absolute atomic E-state index is 12.5. The Hall–Kier alpha value is -0.370. The van der Waals surface area contributed by atoms with E-state index in [1.54, 1.807) is 6.07 Å². The minimum atomic E-state index is -3.58. The predicted molar refractivity (Wildman–Crippen MR) is 87.6 cm³/mol. The summed E-state index contributed by atoms with van der Waals surface area (Å²) in [4.78, 5) is 0.155. The van der Waals surface area contributed by atoms with Crippen LogP contribution >= 0.6 is 15.9 Å². The standard InChI is InChI=1S/C14H25BrN2O3S/c1-6-12(9(2)3)17-21(18,19)13-7-11(20-14(13)15)8-16-10(4)5/h7,9-10,12,16-17H,6,8H2,1-5H3. The first-order valence-electron chi connectivity index (χ1n) is 7.21. The van der Waals surface area contributed by atoms with Gasteiger partial charge in [0.1, 0.15) is 10.7 Å². The summed E-state index contributed by atoms with van der Waals surface area (Å²) < 4.78 is 33.4. The summed E-state index contributed by atoms with van der Waals surface area (Å²) in [7, 11) is -3.58. The van der Waals surface area contributed by atoms with Gasteiger partial charge in [-0.15, -0.1) is 0 Å². The second-order valence-corrected chi connectivity index (χ2v) is 8.17. The lowest BCUT2D eigenvalue weighted by Crippen LogP contribution is -2.37. The molecule has 0 amide bonds. The van der Waals surface area contributed by atoms with E-state index in [0.29, 0.717) is 18.3 Å². The van der Waals surface area contributed by atoms with Crippen molar-refractivity contribution in [2.45, 2.75) is 64.6 Å². The SMILES string of the molecule is CCC(NS(=O)(=O)c1cc(CNC(C)C)oc1Br)C(C)C. The van der Waals surface area contributed by atoms with E-state index in [4.69, 9.17) is 4.42 Å². The zero-order valence-electron chi connectivity index (χ0n) is 13.2. The van der Waals surface area contributed by atoms with Crippen LogP contribution in [0.25, 0.3) is 0 Å². The molecule has 0 saturated heterocycles. The van der Waals surface area contributed by atoms with Gasteiger partial charge in [-0.1, -0.05) is 34.6 Å². The summed E-state index contributed by atoms with van der Waals surface area (Å²) in [6.07, 6.45) is 0.744. The normalized spacial score (nSPS) is 14.1. The lowest BCUT2D eigenvalue weighted by Gasteiger charge is -2.20. The first kappa shape index (κ1) is 18.7. The number of furan rings is 1. The van der Waals surface area contributed by atoms with E-state index < -0.39 is 10.0 Å². The van der Waals surface area contributed by atoms with Crippen LogP contribution < -0.4 is 10.0 Å². The second-order valence-electron chi connectivity index (χ2n) is 5.77. The van der Waals surface area contributed by atoms with Crippen LogP contribution in [0, 0.1) is 5.92 Å². The molecule has 0 aliphatic carbocycles. The Kier molecular flexibility index (Phi) is 6.90. The van der Waals surface area contributed by atoms with Crippen LogP contribution in [0.5, 0.6) is 0 Å². The number of hydrogen-bond donors (Lipinski definition) is 2. The molecule has 1 unspecified atom stereocenters. The van der Waals surface area contributed by atoms with Gasteiger partial charge in [-0.3, -0.25) is 0 Å². The van der Waals surface area contributed by atoms with Gasteiger partial charge in [0.25, 0.3) is 0 Å². The van der Waals surface area contributed by atoms with Crippen LogP contribution in [-0.4, -0.2) is 20.5 Å². The molecule has 2 N–H and O–H groups in total. The zero-order chi connectivity index (χ0) is 16.2. The highest BCUT2D eigenvalue weighted by Crippen LogP contribution is 2.27. The molecule has 1 rings (SSSR count). The number of sulfonamides is 1. The van der Waals surface area contributed by atoms with E-state index >= 15 is 0 Å². The van der Waals surface area contributed by atoms with E-state index in [1.165, 1.54) is 0 Å². The summed E-state index contributed by atoms with van der Waals surface area (Å²) in [5.74, 6) is 0.825. The quantitative estimate of drug-likeness (QED) is 0.725. The molecule has 0 spiro atoms. The van der Waals surface area contributed by atoms with Gasteiger partial charge in [0.15, 0.2) is 4.67 Å². The van der Waals surface area contributed by atoms with E-state index in [-0.39, 0.29) is 21.5 Å². The molecular formula is C14H25BrN2O3S. The van der Waals surface area contributed by atoms with Crippen molar-refractivity contribution < 1.29 is 12.8 Å². The summed E-state index contributed by atoms with van der Waals surface area (Å²) in [6, 6.07) is 1.78. The van der Waals surface area contributed by atoms with Crippen molar-refractivity contribution in [2.24, 2.45) is 5.92 Å². The fraction of sp³-hybridized carbons (Fsp3) is 0.714. The van der Waals surface area contributed by atoms with Crippen molar-refractivity contribution in [3.05, 3.63) is 16.5 Å². The molecule has 0 aromatic carbocycles. The highest BCUT2D eigenvalue weighted by molar-refractivity contribution is 9.10. The van der Waals surface area contributed by atoms with Gasteiger partial charge in [0, 0.05) is 18.2 Å². The Morgan fingerprint density at radius 3 is 2.38 bits per heavy atom. The van der Waals surface area contributed by atoms with E-state index in [1.807, 2.05) is 34.6 Å². The number of hydrogen-bond acceptors (Lipinski definition) is 4. The molecule has 1 aromatic heterocycles. The van der Waals surface area contributed by atoms with E-state index in [0.717, 1.165) is 6.42 Å². The number of halogens is 1. The highest BCUT2D eigenvalue weighted by atomic mass is 79.9. The van der Waals surface area contributed by atoms with E-state index in [2.05, 4.69) is 26.0 Å². The van der Waals surface area contributed by atoms with Crippen LogP contribution in [0.1, 0.15) is 46.8 Å². The van der Waals surface area contributed by atoms with Gasteiger partial charge in [0.2, 0.25) is 10.0 Å². The van der Waals surface area contributed by atoms with Gasteiger partial charge in [0.05, 0.1) is 6.54 Å². The maximum atomic E-state index is 12.5. The van der Waals surface area contributed by atoms with Crippen molar-refractivity contribution in [2.75, 3.05) is 0 Å². The second kappa shape index (κ2) is 7.76. The van der Waals surface area contributed by atoms with Crippen molar-refractivity contribution in [1.82, 2.24) is 10.0 Å². The van der Waals surface area contributed by atoms with Crippen LogP contribution in [0.2, 0.25) is 0 Å². The molecule has 1 atom stereocenters. The Bertz CT molecular complexity index is 553. The van der Waals surface area contributed by atoms with E-state index in [9.17, 15) is 8.42 Å². The molecule has 0 saturated carbocycles. The Morgan fingerprint density at radius 2 is 1.90 bits per heavy atom. The van der Waals surface area contributed by atoms with Gasteiger partial charge in [-0.05, 0) is 28.3 Å². The van der Waals surface area contributed by atoms with Crippen LogP contribution in [0.3, 0.4) is 0 Å². The molecule has 7 heteroatoms. The molecule has 1 aromatic rings. The average molecular weight is 381 g/mol. The molecule has 0 aliphatic rings. The molecule has 0 aliphatic heterocycles. The Balaban J connectivity index is 2.93. The van der Waals surface area contributed by atoms with Crippen molar-refractivity contribution in [3.63, 3.8) is 0 Å². The Labute approximate surface area is 136 Å². The van der Waals surface area contributed by atoms with Crippen molar-refractivity contribution in [3.8, 4) is 0 Å². The minimum absolute atomic E-state index is 0.0889. The number of rotatable bonds is 8. The fourth-order valence-corrected chi connectivity index (χ4v) is 4.39. The molecule has 122 valence electrons. The number of nitrogens with one attached hydrogen (secondary N) is 2. The van der Waals surface area contributed by atoms with Gasteiger partial charge in [-0.2, -0.15) is 0 Å². The van der Waals surface area contributed by atoms with Gasteiger partial charge in [-0.25, -0.2) is 13.1 Å². The van der Waals surface area contributed by atoms with Crippen LogP contribution in [-0.2, 0) is 16.6 Å². The fourth-order valence-electron chi connectivity index (χ4n) is 1.93. The summed E-state index contributed by atoms with van der Waals surface area (Å²) in [6.45, 7) is 10.5. The summed E-state index contributed by atoms with van der Waals surface area (Å²) in [5, 5.41) is 3.19. The summed E-state index contributed by atoms with van der Waals surface area (Å²) >= 11 is 3.20. The maximum Gasteiger partial charge on any atom is 0.245 e. The zero-order valence-corrected chi connectivity index (χ0v) is 15.6. The minimum Gasteiger partial charge on any atom is -0.452 e. The van der Waals surface area contributed by atoms with Crippen molar-refractivity contribution in [1.29, 1.82) is 0 Å². The first-order chi connectivity index (χ1) is 9.67. The van der Waals surface area contributed by atoms with Crippen molar-refractivity contribution >= 4 is 26.0 Å². The topological polar surface area (TPSA) is 71.3 Å². The third-order valence-corrected chi connectivity index (χ3v) is 5.58. The molecule has 5 nitrogen and oxygen atoms in total. The third kappa shape index (κ3) is 5.39. The van der Waals surface area contributed by atoms with Crippen LogP contribution in [0.4, 0.5) is 0 Å². The molecule has 0 bridgehead atoms. The Morgan fingerprint density at radius 1 is 1.29 bits per heavy atom. The third-order valence-electron chi connectivity index (χ3n) is 3.23. The molecule has 0 fully saturated rings. The highest BCUT2D eigenvalue weighted by Gasteiger charge is 2.26. The monoisotopic (exact) mass is 380 g/mol. The smallest absolute Gasteiger partial charge is 0.245 e. The molecule has 0 radical (unpaired) electrons. The lowest BCUT2D eigenvalue weighted by molar-refractivity contribution is 0.434. The van der Waals surface area contributed by atoms with Gasteiger partial charge < -0.3 is 9.73 Å². The lowest BCUT2D eigenvalue weighted by atomic mass is 10.0. The molecule has 1 heterocycles. The molecular weight excluding hydrogens is 356 g/mol. The average Bonchev–Trinajstić information content (AvgIpc) is 2.75.